The van der Waals surface area contributed by atoms with Crippen LogP contribution >= 0.6 is 0 Å². The van der Waals surface area contributed by atoms with Crippen molar-refractivity contribution >= 4 is 5.78 Å². The minimum absolute atomic E-state index is 0.0375. The van der Waals surface area contributed by atoms with Gasteiger partial charge in [0.15, 0.2) is 5.78 Å². The van der Waals surface area contributed by atoms with Crippen molar-refractivity contribution in [2.75, 3.05) is 33.9 Å². The van der Waals surface area contributed by atoms with E-state index in [0.717, 1.165) is 6.54 Å². The zero-order valence-electron chi connectivity index (χ0n) is 13.2. The Labute approximate surface area is 125 Å². The first-order chi connectivity index (χ1) is 10.0. The van der Waals surface area contributed by atoms with Gasteiger partial charge >= 0.3 is 0 Å². The number of hydrogen-bond acceptors (Lipinski definition) is 4. The molecule has 0 heterocycles. The standard InChI is InChI=1S/C16H24FNO3/c1-5-18(12(2)11-20-3)10-9-14(19)16-13(17)7-6-8-15(16)21-4/h6-8,12H,5,9-11H2,1-4H3. The van der Waals surface area contributed by atoms with E-state index in [1.807, 2.05) is 13.8 Å². The van der Waals surface area contributed by atoms with Crippen LogP contribution in [0.5, 0.6) is 5.75 Å². The number of hydrogen-bond donors (Lipinski definition) is 0. The van der Waals surface area contributed by atoms with Crippen LogP contribution in [0.15, 0.2) is 18.2 Å². The Balaban J connectivity index is 2.73. The zero-order chi connectivity index (χ0) is 15.8. The number of likely N-dealkylation sites (N-methyl/N-ethyl adjacent to an activating group) is 1. The summed E-state index contributed by atoms with van der Waals surface area (Å²) < 4.78 is 24.0. The highest BCUT2D eigenvalue weighted by Crippen LogP contribution is 2.22. The number of ketones is 1. The van der Waals surface area contributed by atoms with E-state index in [2.05, 4.69) is 4.90 Å². The van der Waals surface area contributed by atoms with Crippen LogP contribution in [0.25, 0.3) is 0 Å². The highest BCUT2D eigenvalue weighted by Gasteiger charge is 2.19. The van der Waals surface area contributed by atoms with Crippen LogP contribution in [-0.2, 0) is 4.74 Å². The van der Waals surface area contributed by atoms with E-state index < -0.39 is 5.82 Å². The Kier molecular flexibility index (Phi) is 7.32. The largest absolute Gasteiger partial charge is 0.496 e. The number of methoxy groups -OCH3 is 2. The average Bonchev–Trinajstić information content (AvgIpc) is 2.47. The van der Waals surface area contributed by atoms with Gasteiger partial charge in [-0.2, -0.15) is 0 Å². The number of benzene rings is 1. The molecule has 1 aromatic rings. The maximum absolute atomic E-state index is 13.8. The number of halogens is 1. The molecule has 4 nitrogen and oxygen atoms in total. The van der Waals surface area contributed by atoms with Gasteiger partial charge in [0.1, 0.15) is 11.6 Å². The van der Waals surface area contributed by atoms with Crippen LogP contribution in [0.4, 0.5) is 4.39 Å². The lowest BCUT2D eigenvalue weighted by Gasteiger charge is -2.27. The maximum atomic E-state index is 13.8. The third-order valence-electron chi connectivity index (χ3n) is 3.54. The van der Waals surface area contributed by atoms with Crippen molar-refractivity contribution < 1.29 is 18.7 Å². The molecule has 0 amide bonds. The smallest absolute Gasteiger partial charge is 0.170 e. The van der Waals surface area contributed by atoms with E-state index >= 15 is 0 Å². The van der Waals surface area contributed by atoms with Crippen LogP contribution < -0.4 is 4.74 Å². The third kappa shape index (κ3) is 4.79. The van der Waals surface area contributed by atoms with Crippen LogP contribution in [-0.4, -0.2) is 50.6 Å². The fraction of sp³-hybridized carbons (Fsp3) is 0.562. The van der Waals surface area contributed by atoms with Gasteiger partial charge in [-0.15, -0.1) is 0 Å². The molecule has 0 fully saturated rings. The second-order valence-electron chi connectivity index (χ2n) is 4.92. The van der Waals surface area contributed by atoms with Crippen molar-refractivity contribution in [1.29, 1.82) is 0 Å². The molecule has 0 aliphatic heterocycles. The van der Waals surface area contributed by atoms with Gasteiger partial charge in [0.25, 0.3) is 0 Å². The second-order valence-corrected chi connectivity index (χ2v) is 4.92. The molecule has 0 saturated heterocycles. The molecule has 0 spiro atoms. The highest BCUT2D eigenvalue weighted by atomic mass is 19.1. The Morgan fingerprint density at radius 3 is 2.67 bits per heavy atom. The quantitative estimate of drug-likeness (QED) is 0.657. The van der Waals surface area contributed by atoms with Crippen LogP contribution in [0, 0.1) is 5.82 Å². The van der Waals surface area contributed by atoms with Gasteiger partial charge in [-0.25, -0.2) is 4.39 Å². The Morgan fingerprint density at radius 1 is 1.38 bits per heavy atom. The molecule has 1 rings (SSSR count). The summed E-state index contributed by atoms with van der Waals surface area (Å²) >= 11 is 0. The molecule has 0 aliphatic carbocycles. The topological polar surface area (TPSA) is 38.8 Å². The van der Waals surface area contributed by atoms with Crippen molar-refractivity contribution in [3.8, 4) is 5.75 Å². The summed E-state index contributed by atoms with van der Waals surface area (Å²) in [6.07, 6.45) is 0.249. The van der Waals surface area contributed by atoms with E-state index in [-0.39, 0.29) is 29.6 Å². The number of carbonyl (C=O) groups is 1. The number of nitrogens with zero attached hydrogens (tertiary/aromatic N) is 1. The van der Waals surface area contributed by atoms with Gasteiger partial charge in [-0.1, -0.05) is 13.0 Å². The molecule has 5 heteroatoms. The normalized spacial score (nSPS) is 12.5. The lowest BCUT2D eigenvalue weighted by Crippen LogP contribution is -2.37. The predicted molar refractivity (Wildman–Crippen MR) is 80.5 cm³/mol. The van der Waals surface area contributed by atoms with E-state index in [0.29, 0.717) is 13.2 Å². The van der Waals surface area contributed by atoms with E-state index in [4.69, 9.17) is 9.47 Å². The first-order valence-corrected chi connectivity index (χ1v) is 7.13. The molecule has 21 heavy (non-hydrogen) atoms. The third-order valence-corrected chi connectivity index (χ3v) is 3.54. The molecule has 0 radical (unpaired) electrons. The van der Waals surface area contributed by atoms with Gasteiger partial charge in [-0.05, 0) is 25.6 Å². The minimum Gasteiger partial charge on any atom is -0.496 e. The molecule has 0 N–H and O–H groups in total. The molecule has 0 aromatic heterocycles. The summed E-state index contributed by atoms with van der Waals surface area (Å²) in [5, 5.41) is 0. The van der Waals surface area contributed by atoms with E-state index in [9.17, 15) is 9.18 Å². The van der Waals surface area contributed by atoms with Gasteiger partial charge in [0.2, 0.25) is 0 Å². The molecule has 0 saturated carbocycles. The maximum Gasteiger partial charge on any atom is 0.170 e. The van der Waals surface area contributed by atoms with Gasteiger partial charge in [0.05, 0.1) is 19.3 Å². The molecular formula is C16H24FNO3. The van der Waals surface area contributed by atoms with Crippen molar-refractivity contribution in [2.45, 2.75) is 26.3 Å². The highest BCUT2D eigenvalue weighted by molar-refractivity contribution is 5.99. The van der Waals surface area contributed by atoms with E-state index in [1.54, 1.807) is 13.2 Å². The lowest BCUT2D eigenvalue weighted by atomic mass is 10.1. The summed E-state index contributed by atoms with van der Waals surface area (Å²) in [5.41, 5.74) is 0.0375. The summed E-state index contributed by atoms with van der Waals surface area (Å²) in [6.45, 7) is 6.05. The molecule has 0 bridgehead atoms. The summed E-state index contributed by atoms with van der Waals surface area (Å²) in [6, 6.07) is 4.63. The minimum atomic E-state index is -0.535. The van der Waals surface area contributed by atoms with Crippen LogP contribution in [0.1, 0.15) is 30.6 Å². The fourth-order valence-electron chi connectivity index (χ4n) is 2.35. The predicted octanol–water partition coefficient (Wildman–Crippen LogP) is 2.76. The number of ether oxygens (including phenoxy) is 2. The molecule has 0 aliphatic rings. The molecule has 1 unspecified atom stereocenters. The lowest BCUT2D eigenvalue weighted by molar-refractivity contribution is 0.0868. The summed E-state index contributed by atoms with van der Waals surface area (Å²) in [5.74, 6) is -0.492. The van der Waals surface area contributed by atoms with Gasteiger partial charge in [-0.3, -0.25) is 9.69 Å². The van der Waals surface area contributed by atoms with Gasteiger partial charge < -0.3 is 9.47 Å². The molecule has 1 atom stereocenters. The molecule has 118 valence electrons. The van der Waals surface area contributed by atoms with Crippen LogP contribution in [0.2, 0.25) is 0 Å². The fourth-order valence-corrected chi connectivity index (χ4v) is 2.35. The first kappa shape index (κ1) is 17.6. The Morgan fingerprint density at radius 2 is 2.10 bits per heavy atom. The van der Waals surface area contributed by atoms with Crippen molar-refractivity contribution in [1.82, 2.24) is 4.90 Å². The second kappa shape index (κ2) is 8.74. The molecule has 1 aromatic carbocycles. The Hall–Kier alpha value is -1.46. The number of carbonyl (C=O) groups excluding carboxylic acids is 1. The first-order valence-electron chi connectivity index (χ1n) is 7.13. The molecular weight excluding hydrogens is 273 g/mol. The zero-order valence-corrected chi connectivity index (χ0v) is 13.2. The monoisotopic (exact) mass is 297 g/mol. The van der Waals surface area contributed by atoms with Crippen molar-refractivity contribution in [2.24, 2.45) is 0 Å². The van der Waals surface area contributed by atoms with Gasteiger partial charge in [0, 0.05) is 26.1 Å². The summed E-state index contributed by atoms with van der Waals surface area (Å²) in [4.78, 5) is 14.4. The SMILES string of the molecule is CCN(CCC(=O)c1c(F)cccc1OC)C(C)COC. The Bertz CT molecular complexity index is 465. The number of rotatable bonds is 9. The van der Waals surface area contributed by atoms with E-state index in [1.165, 1.54) is 19.2 Å². The number of Topliss-reactive ketones (excluding diaryl/α,β-unsaturated/α-hetero) is 1. The average molecular weight is 297 g/mol. The van der Waals surface area contributed by atoms with Crippen molar-refractivity contribution in [3.63, 3.8) is 0 Å². The van der Waals surface area contributed by atoms with Crippen molar-refractivity contribution in [3.05, 3.63) is 29.6 Å². The van der Waals surface area contributed by atoms with Crippen LogP contribution in [0.3, 0.4) is 0 Å². The summed E-state index contributed by atoms with van der Waals surface area (Å²) in [7, 11) is 3.09.